The fraction of sp³-hybridized carbons (Fsp3) is 0.950. The van der Waals surface area contributed by atoms with Gasteiger partial charge in [-0.25, -0.2) is 4.57 Å². The summed E-state index contributed by atoms with van der Waals surface area (Å²) in [6, 6.07) is 0. The van der Waals surface area contributed by atoms with E-state index in [1.807, 2.05) is 0 Å². The predicted molar refractivity (Wildman–Crippen MR) is 206 cm³/mol. The summed E-state index contributed by atoms with van der Waals surface area (Å²) in [5.41, 5.74) is 0. The molecule has 3 atom stereocenters. The first-order valence-electron chi connectivity index (χ1n) is 20.7. The standard InChI is InChI=1S/C40H80NO8P/c1-5-28-38(30-25-21-17-13-10-11-14-18-22-26-31-39(42)46-4)37(2)29-24-20-16-12-8-6-7-9-15-19-23-27-32-40(43)47-35-36-49-50(44,45)48-34-33-41-3/h37-38,41H,5-36H2,1-4H3,(H,44,45). The van der Waals surface area contributed by atoms with Crippen LogP contribution in [0.1, 0.15) is 194 Å². The van der Waals surface area contributed by atoms with E-state index in [1.165, 1.54) is 142 Å². The van der Waals surface area contributed by atoms with Crippen molar-refractivity contribution in [1.29, 1.82) is 0 Å². The SMILES string of the molecule is CCCC(CCCCCCCCCCCCC(=O)OC)C(C)CCCCCCCCCCCCCCC(=O)OCCOP(=O)(O)OCCNC. The molecule has 0 bridgehead atoms. The number of phosphoric acid groups is 1. The quantitative estimate of drug-likeness (QED) is 0.0361. The average molecular weight is 734 g/mol. The fourth-order valence-electron chi connectivity index (χ4n) is 6.70. The largest absolute Gasteiger partial charge is 0.472 e. The van der Waals surface area contributed by atoms with Crippen LogP contribution in [0.3, 0.4) is 0 Å². The van der Waals surface area contributed by atoms with E-state index in [-0.39, 0.29) is 31.8 Å². The first-order valence-corrected chi connectivity index (χ1v) is 22.2. The van der Waals surface area contributed by atoms with Crippen LogP contribution in [0.15, 0.2) is 0 Å². The van der Waals surface area contributed by atoms with Gasteiger partial charge in [-0.1, -0.05) is 168 Å². The van der Waals surface area contributed by atoms with Gasteiger partial charge in [0, 0.05) is 19.4 Å². The average Bonchev–Trinajstić information content (AvgIpc) is 3.10. The lowest BCUT2D eigenvalue weighted by molar-refractivity contribution is -0.144. The summed E-state index contributed by atoms with van der Waals surface area (Å²) in [7, 11) is -0.906. The number of esters is 2. The lowest BCUT2D eigenvalue weighted by atomic mass is 9.82. The maximum absolute atomic E-state index is 11.8. The van der Waals surface area contributed by atoms with Gasteiger partial charge in [-0.15, -0.1) is 0 Å². The summed E-state index contributed by atoms with van der Waals surface area (Å²) in [4.78, 5) is 32.5. The van der Waals surface area contributed by atoms with Gasteiger partial charge in [0.25, 0.3) is 0 Å². The van der Waals surface area contributed by atoms with E-state index in [2.05, 4.69) is 19.2 Å². The molecule has 0 aromatic rings. The molecule has 0 radical (unpaired) electrons. The summed E-state index contributed by atoms with van der Waals surface area (Å²) in [6.07, 6.45) is 34.4. The van der Waals surface area contributed by atoms with Crippen molar-refractivity contribution >= 4 is 19.8 Å². The molecule has 10 heteroatoms. The van der Waals surface area contributed by atoms with Crippen LogP contribution in [-0.2, 0) is 32.7 Å². The van der Waals surface area contributed by atoms with Crippen molar-refractivity contribution in [2.75, 3.05) is 40.5 Å². The predicted octanol–water partition coefficient (Wildman–Crippen LogP) is 11.3. The third-order valence-corrected chi connectivity index (χ3v) is 10.9. The van der Waals surface area contributed by atoms with E-state index in [1.54, 1.807) is 7.05 Å². The molecular formula is C40H80NO8P. The Balaban J connectivity index is 3.57. The molecule has 9 nitrogen and oxygen atoms in total. The van der Waals surface area contributed by atoms with Crippen LogP contribution in [0.2, 0.25) is 0 Å². The molecule has 0 aliphatic rings. The maximum Gasteiger partial charge on any atom is 0.472 e. The van der Waals surface area contributed by atoms with Crippen molar-refractivity contribution in [2.24, 2.45) is 11.8 Å². The second kappa shape index (κ2) is 36.4. The summed E-state index contributed by atoms with van der Waals surface area (Å²) in [5, 5.41) is 2.81. The van der Waals surface area contributed by atoms with Gasteiger partial charge in [0.05, 0.1) is 20.3 Å². The minimum atomic E-state index is -4.09. The number of nitrogens with one attached hydrogen (secondary N) is 1. The van der Waals surface area contributed by atoms with Gasteiger partial charge < -0.3 is 19.7 Å². The molecule has 0 rings (SSSR count). The molecule has 0 amide bonds. The number of unbranched alkanes of at least 4 members (excludes halogenated alkanes) is 20. The number of rotatable bonds is 39. The topological polar surface area (TPSA) is 120 Å². The molecule has 0 aromatic carbocycles. The lowest BCUT2D eigenvalue weighted by Gasteiger charge is -2.24. The molecule has 3 unspecified atom stereocenters. The zero-order chi connectivity index (χ0) is 37.0. The van der Waals surface area contributed by atoms with Crippen molar-refractivity contribution in [3.05, 3.63) is 0 Å². The van der Waals surface area contributed by atoms with Crippen LogP contribution in [0.4, 0.5) is 0 Å². The third-order valence-electron chi connectivity index (χ3n) is 9.90. The number of hydrogen-bond acceptors (Lipinski definition) is 8. The zero-order valence-electron chi connectivity index (χ0n) is 33.0. The molecule has 50 heavy (non-hydrogen) atoms. The Kier molecular flexibility index (Phi) is 35.7. The normalized spacial score (nSPS) is 13.9. The molecular weight excluding hydrogens is 653 g/mol. The number of carbonyl (C=O) groups excluding carboxylic acids is 2. The van der Waals surface area contributed by atoms with Crippen LogP contribution in [0, 0.1) is 11.8 Å². The summed E-state index contributed by atoms with van der Waals surface area (Å²) in [6.45, 7) is 5.15. The molecule has 0 saturated carbocycles. The third kappa shape index (κ3) is 34.1. The molecule has 298 valence electrons. The van der Waals surface area contributed by atoms with Gasteiger partial charge >= 0.3 is 19.8 Å². The molecule has 0 saturated heterocycles. The van der Waals surface area contributed by atoms with Gasteiger partial charge in [-0.05, 0) is 31.7 Å². The van der Waals surface area contributed by atoms with Crippen molar-refractivity contribution in [2.45, 2.75) is 194 Å². The summed E-state index contributed by atoms with van der Waals surface area (Å²) in [5.74, 6) is 1.40. The van der Waals surface area contributed by atoms with Gasteiger partial charge in [0.1, 0.15) is 6.61 Å². The zero-order valence-corrected chi connectivity index (χ0v) is 33.9. The van der Waals surface area contributed by atoms with Crippen molar-refractivity contribution < 1.29 is 37.6 Å². The van der Waals surface area contributed by atoms with E-state index >= 15 is 0 Å². The second-order valence-electron chi connectivity index (χ2n) is 14.4. The number of methoxy groups -OCH3 is 1. The van der Waals surface area contributed by atoms with Gasteiger partial charge in [-0.3, -0.25) is 18.6 Å². The Morgan fingerprint density at radius 3 is 1.48 bits per heavy atom. The molecule has 0 fully saturated rings. The van der Waals surface area contributed by atoms with E-state index < -0.39 is 7.82 Å². The number of hydrogen-bond donors (Lipinski definition) is 2. The smallest absolute Gasteiger partial charge is 0.469 e. The minimum Gasteiger partial charge on any atom is -0.469 e. The first-order chi connectivity index (χ1) is 24.3. The van der Waals surface area contributed by atoms with E-state index in [0.717, 1.165) is 43.9 Å². The van der Waals surface area contributed by atoms with Crippen LogP contribution in [0.25, 0.3) is 0 Å². The van der Waals surface area contributed by atoms with Crippen LogP contribution in [0.5, 0.6) is 0 Å². The monoisotopic (exact) mass is 734 g/mol. The highest BCUT2D eigenvalue weighted by molar-refractivity contribution is 7.47. The highest BCUT2D eigenvalue weighted by atomic mass is 31.2. The first kappa shape index (κ1) is 49.0. The van der Waals surface area contributed by atoms with Gasteiger partial charge in [0.2, 0.25) is 0 Å². The van der Waals surface area contributed by atoms with E-state index in [4.69, 9.17) is 18.5 Å². The number of likely N-dealkylation sites (N-methyl/N-ethyl adjacent to an activating group) is 1. The molecule has 0 aromatic heterocycles. The molecule has 0 aliphatic carbocycles. The van der Waals surface area contributed by atoms with Crippen LogP contribution in [-0.4, -0.2) is 57.4 Å². The van der Waals surface area contributed by atoms with Crippen LogP contribution >= 0.6 is 7.82 Å². The summed E-state index contributed by atoms with van der Waals surface area (Å²) >= 11 is 0. The van der Waals surface area contributed by atoms with Gasteiger partial charge in [0.15, 0.2) is 0 Å². The van der Waals surface area contributed by atoms with Crippen molar-refractivity contribution in [1.82, 2.24) is 5.32 Å². The Hall–Kier alpha value is -0.990. The minimum absolute atomic E-state index is 0.0518. The van der Waals surface area contributed by atoms with Crippen molar-refractivity contribution in [3.63, 3.8) is 0 Å². The Morgan fingerprint density at radius 2 is 1.02 bits per heavy atom. The van der Waals surface area contributed by atoms with E-state index in [0.29, 0.717) is 19.4 Å². The molecule has 0 spiro atoms. The Morgan fingerprint density at radius 1 is 0.600 bits per heavy atom. The lowest BCUT2D eigenvalue weighted by Crippen LogP contribution is -2.14. The highest BCUT2D eigenvalue weighted by Gasteiger charge is 2.20. The van der Waals surface area contributed by atoms with E-state index in [9.17, 15) is 19.0 Å². The highest BCUT2D eigenvalue weighted by Crippen LogP contribution is 2.42. The fourth-order valence-corrected chi connectivity index (χ4v) is 7.40. The second-order valence-corrected chi connectivity index (χ2v) is 15.9. The van der Waals surface area contributed by atoms with Gasteiger partial charge in [-0.2, -0.15) is 0 Å². The maximum atomic E-state index is 11.8. The number of carbonyl (C=O) groups is 2. The Labute approximate surface area is 308 Å². The van der Waals surface area contributed by atoms with Crippen LogP contribution < -0.4 is 5.32 Å². The number of phosphoric ester groups is 1. The molecule has 0 heterocycles. The molecule has 2 N–H and O–H groups in total. The summed E-state index contributed by atoms with van der Waals surface area (Å²) < 4.78 is 30.9. The van der Waals surface area contributed by atoms with Crippen molar-refractivity contribution in [3.8, 4) is 0 Å². The molecule has 0 aliphatic heterocycles. The number of ether oxygens (including phenoxy) is 2. The Bertz CT molecular complexity index is 814.